The summed E-state index contributed by atoms with van der Waals surface area (Å²) >= 11 is 0. The van der Waals surface area contributed by atoms with Gasteiger partial charge in [0.2, 0.25) is 6.29 Å². The first-order valence-electron chi connectivity index (χ1n) is 5.72. The molecule has 0 rings (SSSR count). The molecule has 0 amide bonds. The van der Waals surface area contributed by atoms with Crippen LogP contribution in [0.3, 0.4) is 0 Å². The Balaban J connectivity index is 5.12. The van der Waals surface area contributed by atoms with Gasteiger partial charge < -0.3 is 0 Å². The highest BCUT2D eigenvalue weighted by Gasteiger charge is 2.12. The van der Waals surface area contributed by atoms with Crippen molar-refractivity contribution in [3.8, 4) is 0 Å². The third kappa shape index (κ3) is 6.09. The third-order valence-corrected chi connectivity index (χ3v) is 2.08. The molecule has 0 aliphatic heterocycles. The van der Waals surface area contributed by atoms with Crippen molar-refractivity contribution in [3.05, 3.63) is 34.4 Å². The quantitative estimate of drug-likeness (QED) is 0.412. The van der Waals surface area contributed by atoms with Gasteiger partial charge in [0, 0.05) is 6.42 Å². The molecule has 0 saturated heterocycles. The van der Waals surface area contributed by atoms with Gasteiger partial charge in [0.05, 0.1) is 5.57 Å². The highest BCUT2D eigenvalue weighted by molar-refractivity contribution is 6.18. The molecule has 3 nitrogen and oxygen atoms in total. The Hall–Kier alpha value is -1.77. The maximum atomic E-state index is 11.7. The van der Waals surface area contributed by atoms with E-state index in [0.29, 0.717) is 5.57 Å². The van der Waals surface area contributed by atoms with Gasteiger partial charge in [0.25, 0.3) is 0 Å². The SMILES string of the molecule is CC(C)=CC(=O)C/C(C)=C(/[C]=O)C(=O)C=C(C)C. The Kier molecular flexibility index (Phi) is 6.79. The first-order chi connectivity index (χ1) is 8.27. The summed E-state index contributed by atoms with van der Waals surface area (Å²) in [5.41, 5.74) is 2.10. The molecule has 18 heavy (non-hydrogen) atoms. The topological polar surface area (TPSA) is 51.2 Å². The fraction of sp³-hybridized carbons (Fsp3) is 0.400. The van der Waals surface area contributed by atoms with Crippen LogP contribution in [-0.2, 0) is 14.4 Å². The van der Waals surface area contributed by atoms with Crippen LogP contribution in [0, 0.1) is 0 Å². The van der Waals surface area contributed by atoms with Crippen molar-refractivity contribution in [1.29, 1.82) is 0 Å². The summed E-state index contributed by atoms with van der Waals surface area (Å²) in [6.45, 7) is 8.78. The number of hydrogen-bond donors (Lipinski definition) is 0. The minimum atomic E-state index is -0.396. The molecule has 97 valence electrons. The predicted octanol–water partition coefficient (Wildman–Crippen LogP) is 2.87. The lowest BCUT2D eigenvalue weighted by Gasteiger charge is -2.02. The summed E-state index contributed by atoms with van der Waals surface area (Å²) < 4.78 is 0. The van der Waals surface area contributed by atoms with E-state index in [9.17, 15) is 14.4 Å². The molecule has 0 fully saturated rings. The number of carbonyl (C=O) groups excluding carboxylic acids is 3. The van der Waals surface area contributed by atoms with Crippen LogP contribution >= 0.6 is 0 Å². The summed E-state index contributed by atoms with van der Waals surface area (Å²) in [4.78, 5) is 34.1. The summed E-state index contributed by atoms with van der Waals surface area (Å²) in [7, 11) is 0. The van der Waals surface area contributed by atoms with Crippen LogP contribution in [0.5, 0.6) is 0 Å². The molecule has 0 bridgehead atoms. The predicted molar refractivity (Wildman–Crippen MR) is 71.9 cm³/mol. The first-order valence-corrected chi connectivity index (χ1v) is 5.72. The van der Waals surface area contributed by atoms with Crippen molar-refractivity contribution in [1.82, 2.24) is 0 Å². The van der Waals surface area contributed by atoms with E-state index in [-0.39, 0.29) is 17.8 Å². The Morgan fingerprint density at radius 1 is 0.944 bits per heavy atom. The van der Waals surface area contributed by atoms with Crippen molar-refractivity contribution in [3.63, 3.8) is 0 Å². The average molecular weight is 247 g/mol. The summed E-state index contributed by atoms with van der Waals surface area (Å²) in [5, 5.41) is 0. The molecule has 3 heteroatoms. The zero-order valence-electron chi connectivity index (χ0n) is 11.6. The maximum Gasteiger partial charge on any atom is 0.237 e. The van der Waals surface area contributed by atoms with Gasteiger partial charge >= 0.3 is 0 Å². The standard InChI is InChI=1S/C15H19O3/c1-10(2)6-13(17)8-12(5)14(9-16)15(18)7-11(3)4/h6-7H,8H2,1-5H3/b14-12-. The summed E-state index contributed by atoms with van der Waals surface area (Å²) in [6.07, 6.45) is 4.56. The second-order valence-electron chi connectivity index (χ2n) is 4.71. The number of rotatable bonds is 6. The van der Waals surface area contributed by atoms with Gasteiger partial charge in [-0.15, -0.1) is 0 Å². The van der Waals surface area contributed by atoms with E-state index in [2.05, 4.69) is 0 Å². The van der Waals surface area contributed by atoms with Crippen LogP contribution in [0.4, 0.5) is 0 Å². The number of carbonyl (C=O) groups is 2. The molecule has 0 saturated carbocycles. The maximum absolute atomic E-state index is 11.7. The zero-order chi connectivity index (χ0) is 14.3. The lowest BCUT2D eigenvalue weighted by Crippen LogP contribution is -2.06. The molecular weight excluding hydrogens is 228 g/mol. The fourth-order valence-corrected chi connectivity index (χ4v) is 1.40. The lowest BCUT2D eigenvalue weighted by molar-refractivity contribution is -0.114. The van der Waals surface area contributed by atoms with Gasteiger partial charge in [0.1, 0.15) is 0 Å². The Labute approximate surface area is 108 Å². The monoisotopic (exact) mass is 247 g/mol. The second-order valence-corrected chi connectivity index (χ2v) is 4.71. The summed E-state index contributed by atoms with van der Waals surface area (Å²) in [6, 6.07) is 0. The lowest BCUT2D eigenvalue weighted by atomic mass is 10.00. The third-order valence-electron chi connectivity index (χ3n) is 2.08. The van der Waals surface area contributed by atoms with E-state index in [0.717, 1.165) is 11.1 Å². The molecule has 0 spiro atoms. The molecule has 0 unspecified atom stereocenters. The van der Waals surface area contributed by atoms with E-state index >= 15 is 0 Å². The number of hydrogen-bond acceptors (Lipinski definition) is 3. The number of allylic oxidation sites excluding steroid dienone is 6. The van der Waals surface area contributed by atoms with Crippen LogP contribution < -0.4 is 0 Å². The van der Waals surface area contributed by atoms with Crippen LogP contribution in [0.15, 0.2) is 34.4 Å². The van der Waals surface area contributed by atoms with Gasteiger partial charge in [0.15, 0.2) is 11.6 Å². The van der Waals surface area contributed by atoms with E-state index in [4.69, 9.17) is 0 Å². The molecule has 0 atom stereocenters. The van der Waals surface area contributed by atoms with Crippen molar-refractivity contribution in [2.24, 2.45) is 0 Å². The fourth-order valence-electron chi connectivity index (χ4n) is 1.40. The van der Waals surface area contributed by atoms with Gasteiger partial charge in [-0.1, -0.05) is 16.7 Å². The summed E-state index contributed by atoms with van der Waals surface area (Å²) in [5.74, 6) is -0.516. The van der Waals surface area contributed by atoms with Crippen LogP contribution in [0.25, 0.3) is 0 Å². The van der Waals surface area contributed by atoms with E-state index in [1.807, 2.05) is 13.8 Å². The first kappa shape index (κ1) is 16.2. The van der Waals surface area contributed by atoms with Gasteiger partial charge in [-0.3, -0.25) is 14.4 Å². The van der Waals surface area contributed by atoms with Crippen molar-refractivity contribution < 1.29 is 14.4 Å². The van der Waals surface area contributed by atoms with E-state index in [1.165, 1.54) is 12.2 Å². The van der Waals surface area contributed by atoms with E-state index in [1.54, 1.807) is 27.1 Å². The van der Waals surface area contributed by atoms with Gasteiger partial charge in [-0.2, -0.15) is 0 Å². The molecule has 1 radical (unpaired) electrons. The minimum absolute atomic E-state index is 0.0493. The van der Waals surface area contributed by atoms with Crippen LogP contribution in [0.2, 0.25) is 0 Å². The molecule has 0 heterocycles. The smallest absolute Gasteiger partial charge is 0.237 e. The molecule has 0 aromatic carbocycles. The van der Waals surface area contributed by atoms with Crippen molar-refractivity contribution >= 4 is 17.9 Å². The van der Waals surface area contributed by atoms with Crippen LogP contribution in [0.1, 0.15) is 41.0 Å². The zero-order valence-corrected chi connectivity index (χ0v) is 11.6. The van der Waals surface area contributed by atoms with E-state index < -0.39 is 5.78 Å². The highest BCUT2D eigenvalue weighted by atomic mass is 16.1. The second kappa shape index (κ2) is 7.54. The van der Waals surface area contributed by atoms with Crippen LogP contribution in [-0.4, -0.2) is 17.9 Å². The molecular formula is C15H19O3. The molecule has 0 N–H and O–H groups in total. The molecule has 0 aliphatic rings. The van der Waals surface area contributed by atoms with Gasteiger partial charge in [-0.05, 0) is 46.8 Å². The largest absolute Gasteiger partial charge is 0.295 e. The average Bonchev–Trinajstić information content (AvgIpc) is 2.14. The minimum Gasteiger partial charge on any atom is -0.295 e. The van der Waals surface area contributed by atoms with Crippen molar-refractivity contribution in [2.75, 3.05) is 0 Å². The number of ketones is 2. The Bertz CT molecular complexity index is 440. The van der Waals surface area contributed by atoms with Gasteiger partial charge in [-0.25, -0.2) is 0 Å². The normalized spacial score (nSPS) is 11.2. The molecule has 0 aromatic heterocycles. The highest BCUT2D eigenvalue weighted by Crippen LogP contribution is 2.11. The Morgan fingerprint density at radius 3 is 1.83 bits per heavy atom. The van der Waals surface area contributed by atoms with Crippen molar-refractivity contribution in [2.45, 2.75) is 41.0 Å². The molecule has 0 aliphatic carbocycles. The molecule has 0 aromatic rings. The Morgan fingerprint density at radius 2 is 1.44 bits per heavy atom.